The van der Waals surface area contributed by atoms with E-state index in [9.17, 15) is 9.90 Å². The second-order valence-corrected chi connectivity index (χ2v) is 10.9. The van der Waals surface area contributed by atoms with Crippen LogP contribution < -0.4 is 5.11 Å². The van der Waals surface area contributed by atoms with Crippen LogP contribution in [0.15, 0.2) is 30.3 Å². The van der Waals surface area contributed by atoms with Crippen molar-refractivity contribution >= 4 is 5.97 Å². The van der Waals surface area contributed by atoms with Crippen molar-refractivity contribution < 1.29 is 9.90 Å². The number of rotatable bonds is 26. The Kier molecular flexibility index (Phi) is 22.1. The highest BCUT2D eigenvalue weighted by Crippen LogP contribution is 2.18. The highest BCUT2D eigenvalue weighted by molar-refractivity contribution is 5.68. The van der Waals surface area contributed by atoms with E-state index in [0.717, 1.165) is 24.8 Å². The fraction of sp³-hybridized carbons (Fsp3) is 0.788. The Morgan fingerprint density at radius 1 is 0.571 bits per heavy atom. The number of carboxylic acid groups (broad SMARTS) is 1. The quantitative estimate of drug-likeness (QED) is 0.123. The second-order valence-electron chi connectivity index (χ2n) is 10.9. The number of hydrogen-bond acceptors (Lipinski definition) is 2. The van der Waals surface area contributed by atoms with Crippen molar-refractivity contribution in [3.63, 3.8) is 0 Å². The molecule has 1 rings (SSSR count). The molecule has 2 nitrogen and oxygen atoms in total. The topological polar surface area (TPSA) is 40.1 Å². The van der Waals surface area contributed by atoms with Crippen molar-refractivity contribution in [3.05, 3.63) is 35.9 Å². The molecule has 1 aromatic carbocycles. The molecule has 0 radical (unpaired) electrons. The normalized spacial score (nSPS) is 12.1. The van der Waals surface area contributed by atoms with Crippen LogP contribution in [-0.4, -0.2) is 5.97 Å². The summed E-state index contributed by atoms with van der Waals surface area (Å²) in [5.41, 5.74) is 1.10. The van der Waals surface area contributed by atoms with Gasteiger partial charge < -0.3 is 9.90 Å². The highest BCUT2D eigenvalue weighted by atomic mass is 16.4. The average Bonchev–Trinajstić information content (AvgIpc) is 2.87. The third-order valence-corrected chi connectivity index (χ3v) is 7.56. The summed E-state index contributed by atoms with van der Waals surface area (Å²) in [6.45, 7) is 2.29. The molecule has 0 aromatic heterocycles. The minimum Gasteiger partial charge on any atom is -0.550 e. The van der Waals surface area contributed by atoms with E-state index < -0.39 is 5.97 Å². The lowest BCUT2D eigenvalue weighted by atomic mass is 9.93. The highest BCUT2D eigenvalue weighted by Gasteiger charge is 2.10. The summed E-state index contributed by atoms with van der Waals surface area (Å²) < 4.78 is 0. The van der Waals surface area contributed by atoms with Gasteiger partial charge in [0, 0.05) is 11.9 Å². The van der Waals surface area contributed by atoms with Gasteiger partial charge in [0.15, 0.2) is 0 Å². The monoisotopic (exact) mass is 485 g/mol. The molecule has 0 amide bonds. The van der Waals surface area contributed by atoms with Gasteiger partial charge in [0.2, 0.25) is 0 Å². The third kappa shape index (κ3) is 20.6. The van der Waals surface area contributed by atoms with Gasteiger partial charge in [0.05, 0.1) is 0 Å². The minimum absolute atomic E-state index is 0.345. The molecular weight excluding hydrogens is 428 g/mol. The van der Waals surface area contributed by atoms with Gasteiger partial charge in [-0.2, -0.15) is 0 Å². The van der Waals surface area contributed by atoms with E-state index in [1.165, 1.54) is 128 Å². The Labute approximate surface area is 218 Å². The molecule has 0 N–H and O–H groups in total. The van der Waals surface area contributed by atoms with Crippen LogP contribution >= 0.6 is 0 Å². The van der Waals surface area contributed by atoms with Crippen molar-refractivity contribution in [3.8, 4) is 0 Å². The Morgan fingerprint density at radius 2 is 0.914 bits per heavy atom. The van der Waals surface area contributed by atoms with E-state index in [-0.39, 0.29) is 5.92 Å². The predicted octanol–water partition coefficient (Wildman–Crippen LogP) is 9.59. The zero-order valence-electron chi connectivity index (χ0n) is 23.3. The van der Waals surface area contributed by atoms with Gasteiger partial charge in [-0.1, -0.05) is 179 Å². The summed E-state index contributed by atoms with van der Waals surface area (Å²) in [6.07, 6.45) is 31.7. The fourth-order valence-electron chi connectivity index (χ4n) is 5.20. The molecule has 0 spiro atoms. The van der Waals surface area contributed by atoms with Crippen LogP contribution in [0, 0.1) is 5.92 Å². The number of benzene rings is 1. The summed E-state index contributed by atoms with van der Waals surface area (Å²) in [6, 6.07) is 9.93. The number of carboxylic acids is 1. The first-order valence-corrected chi connectivity index (χ1v) is 15.5. The predicted molar refractivity (Wildman–Crippen MR) is 151 cm³/mol. The van der Waals surface area contributed by atoms with E-state index in [1.54, 1.807) is 0 Å². The Balaban J connectivity index is 1.78. The summed E-state index contributed by atoms with van der Waals surface area (Å²) in [4.78, 5) is 11.4. The van der Waals surface area contributed by atoms with E-state index in [0.29, 0.717) is 6.42 Å². The van der Waals surface area contributed by atoms with Gasteiger partial charge >= 0.3 is 0 Å². The maximum atomic E-state index is 11.4. The molecule has 1 unspecified atom stereocenters. The molecule has 1 atom stereocenters. The van der Waals surface area contributed by atoms with Crippen molar-refractivity contribution in [2.45, 2.75) is 161 Å². The zero-order valence-corrected chi connectivity index (χ0v) is 23.3. The molecule has 202 valence electrons. The molecule has 0 saturated heterocycles. The van der Waals surface area contributed by atoms with E-state index >= 15 is 0 Å². The van der Waals surface area contributed by atoms with Crippen LogP contribution in [-0.2, 0) is 11.2 Å². The van der Waals surface area contributed by atoms with Crippen molar-refractivity contribution in [2.24, 2.45) is 5.92 Å². The summed E-state index contributed by atoms with van der Waals surface area (Å²) in [7, 11) is 0. The van der Waals surface area contributed by atoms with Gasteiger partial charge in [-0.15, -0.1) is 0 Å². The first kappa shape index (κ1) is 31.7. The van der Waals surface area contributed by atoms with E-state index in [2.05, 4.69) is 6.92 Å². The molecule has 0 bridgehead atoms. The van der Waals surface area contributed by atoms with Gasteiger partial charge in [-0.3, -0.25) is 0 Å². The maximum absolute atomic E-state index is 11.4. The molecule has 0 aliphatic heterocycles. The van der Waals surface area contributed by atoms with Gasteiger partial charge in [0.1, 0.15) is 0 Å². The summed E-state index contributed by atoms with van der Waals surface area (Å²) in [5, 5.41) is 11.4. The average molecular weight is 486 g/mol. The van der Waals surface area contributed by atoms with Crippen LogP contribution in [0.25, 0.3) is 0 Å². The molecule has 0 saturated carbocycles. The number of unbranched alkanes of at least 4 members (excludes halogenated alkanes) is 21. The second kappa shape index (κ2) is 24.4. The SMILES string of the molecule is CCCCCCCCCCCCCCCCCCCCCCCCC(Cc1ccccc1)C(=O)[O-]. The van der Waals surface area contributed by atoms with Crippen LogP contribution in [0.5, 0.6) is 0 Å². The lowest BCUT2D eigenvalue weighted by molar-refractivity contribution is -0.311. The van der Waals surface area contributed by atoms with E-state index in [1.807, 2.05) is 30.3 Å². The van der Waals surface area contributed by atoms with Crippen molar-refractivity contribution in [1.29, 1.82) is 0 Å². The van der Waals surface area contributed by atoms with Crippen LogP contribution in [0.1, 0.15) is 160 Å². The first-order valence-electron chi connectivity index (χ1n) is 15.5. The third-order valence-electron chi connectivity index (χ3n) is 7.56. The maximum Gasteiger partial charge on any atom is 0.0448 e. The van der Waals surface area contributed by atoms with Gasteiger partial charge in [0.25, 0.3) is 0 Å². The number of aliphatic carboxylic acids is 1. The van der Waals surface area contributed by atoms with E-state index in [4.69, 9.17) is 0 Å². The Bertz CT molecular complexity index is 568. The molecule has 0 fully saturated rings. The largest absolute Gasteiger partial charge is 0.550 e. The summed E-state index contributed by atoms with van der Waals surface area (Å²) >= 11 is 0. The summed E-state index contributed by atoms with van der Waals surface area (Å²) in [5.74, 6) is -1.24. The number of carbonyl (C=O) groups is 1. The Morgan fingerprint density at radius 3 is 1.26 bits per heavy atom. The van der Waals surface area contributed by atoms with Gasteiger partial charge in [-0.25, -0.2) is 0 Å². The van der Waals surface area contributed by atoms with Gasteiger partial charge in [-0.05, 0) is 18.4 Å². The standard InChI is InChI=1S/C33H58O2/c1-2-3-4-5-6-7-8-9-10-11-12-13-14-15-16-17-18-19-20-21-22-26-29-32(33(34)35)30-31-27-24-23-25-28-31/h23-25,27-28,32H,2-22,26,29-30H2,1H3,(H,34,35)/p-1. The molecule has 2 heteroatoms. The lowest BCUT2D eigenvalue weighted by Crippen LogP contribution is -2.32. The molecule has 0 heterocycles. The number of carbonyl (C=O) groups excluding carboxylic acids is 1. The molecule has 1 aromatic rings. The molecule has 0 aliphatic rings. The van der Waals surface area contributed by atoms with Crippen molar-refractivity contribution in [2.75, 3.05) is 0 Å². The lowest BCUT2D eigenvalue weighted by Gasteiger charge is -2.18. The Hall–Kier alpha value is -1.31. The molecule has 0 aliphatic carbocycles. The van der Waals surface area contributed by atoms with Crippen LogP contribution in [0.3, 0.4) is 0 Å². The minimum atomic E-state index is -0.891. The molecular formula is C33H57O2-. The zero-order chi connectivity index (χ0) is 25.2. The fourth-order valence-corrected chi connectivity index (χ4v) is 5.20. The van der Waals surface area contributed by atoms with Crippen molar-refractivity contribution in [1.82, 2.24) is 0 Å². The van der Waals surface area contributed by atoms with Crippen LogP contribution in [0.4, 0.5) is 0 Å². The number of hydrogen-bond donors (Lipinski definition) is 0. The first-order chi connectivity index (χ1) is 17.2. The smallest absolute Gasteiger partial charge is 0.0448 e. The molecule has 35 heavy (non-hydrogen) atoms. The van der Waals surface area contributed by atoms with Crippen LogP contribution in [0.2, 0.25) is 0 Å².